The number of sulfonamides is 1. The first-order valence-corrected chi connectivity index (χ1v) is 9.61. The Morgan fingerprint density at radius 2 is 1.78 bits per heavy atom. The van der Waals surface area contributed by atoms with E-state index in [1.165, 1.54) is 6.92 Å². The van der Waals surface area contributed by atoms with Gasteiger partial charge < -0.3 is 10.6 Å². The van der Waals surface area contributed by atoms with Gasteiger partial charge in [-0.2, -0.15) is 13.2 Å². The van der Waals surface area contributed by atoms with Crippen LogP contribution in [-0.2, 0) is 25.8 Å². The minimum Gasteiger partial charge on any atom is -0.352 e. The van der Waals surface area contributed by atoms with Crippen LogP contribution in [0.2, 0.25) is 0 Å². The summed E-state index contributed by atoms with van der Waals surface area (Å²) in [4.78, 5) is 23.0. The molecule has 2 unspecified atom stereocenters. The first-order chi connectivity index (χ1) is 12.4. The maximum Gasteiger partial charge on any atom is 0.416 e. The molecular formula is C16H22F3N3O4S. The summed E-state index contributed by atoms with van der Waals surface area (Å²) in [7, 11) is -4.33. The van der Waals surface area contributed by atoms with Crippen LogP contribution in [0.4, 0.5) is 13.2 Å². The Bertz CT molecular complexity index is 781. The lowest BCUT2D eigenvalue weighted by Crippen LogP contribution is -2.49. The van der Waals surface area contributed by atoms with Gasteiger partial charge in [0.25, 0.3) is 0 Å². The Kier molecular flexibility index (Phi) is 7.78. The number of hydrogen-bond acceptors (Lipinski definition) is 4. The highest BCUT2D eigenvalue weighted by Crippen LogP contribution is 2.30. The summed E-state index contributed by atoms with van der Waals surface area (Å²) in [5, 5.41) is 4.97. The molecule has 1 aromatic rings. The number of nitrogens with one attached hydrogen (secondary N) is 3. The van der Waals surface area contributed by atoms with E-state index in [1.54, 1.807) is 6.92 Å². The Morgan fingerprint density at radius 3 is 2.33 bits per heavy atom. The Labute approximate surface area is 155 Å². The van der Waals surface area contributed by atoms with Crippen LogP contribution in [-0.4, -0.2) is 38.9 Å². The fourth-order valence-corrected chi connectivity index (χ4v) is 2.94. The molecule has 152 valence electrons. The first kappa shape index (κ1) is 22.9. The van der Waals surface area contributed by atoms with Gasteiger partial charge in [0.2, 0.25) is 21.8 Å². The lowest BCUT2D eigenvalue weighted by molar-refractivity contribution is -0.137. The Hall–Kier alpha value is -2.14. The zero-order valence-corrected chi connectivity index (χ0v) is 15.9. The summed E-state index contributed by atoms with van der Waals surface area (Å²) in [6.07, 6.45) is -4.00. The predicted octanol–water partition coefficient (Wildman–Crippen LogP) is 1.40. The number of carbonyl (C=O) groups excluding carboxylic acids is 2. The normalized spacial score (nSPS) is 14.3. The monoisotopic (exact) mass is 409 g/mol. The molecule has 0 aliphatic heterocycles. The quantitative estimate of drug-likeness (QED) is 0.604. The molecule has 0 aliphatic carbocycles. The molecule has 0 aromatic heterocycles. The molecule has 7 nitrogen and oxygen atoms in total. The largest absolute Gasteiger partial charge is 0.416 e. The molecule has 1 rings (SSSR count). The SMILES string of the molecule is CCC(C)NC(=O)C(C)NC(=O)CNS(=O)(=O)c1cccc(C(F)(F)F)c1. The van der Waals surface area contributed by atoms with Crippen LogP contribution in [0.3, 0.4) is 0 Å². The molecule has 0 heterocycles. The van der Waals surface area contributed by atoms with Crippen molar-refractivity contribution in [3.05, 3.63) is 29.8 Å². The number of alkyl halides is 3. The van der Waals surface area contributed by atoms with Crippen molar-refractivity contribution >= 4 is 21.8 Å². The van der Waals surface area contributed by atoms with E-state index in [1.807, 2.05) is 11.6 Å². The lowest BCUT2D eigenvalue weighted by Gasteiger charge is -2.17. The van der Waals surface area contributed by atoms with Crippen molar-refractivity contribution in [2.24, 2.45) is 0 Å². The predicted molar refractivity (Wildman–Crippen MR) is 92.1 cm³/mol. The van der Waals surface area contributed by atoms with Gasteiger partial charge in [0.15, 0.2) is 0 Å². The van der Waals surface area contributed by atoms with Crippen LogP contribution in [0.1, 0.15) is 32.8 Å². The van der Waals surface area contributed by atoms with Crippen molar-refractivity contribution < 1.29 is 31.2 Å². The van der Waals surface area contributed by atoms with Gasteiger partial charge in [-0.25, -0.2) is 13.1 Å². The third-order valence-corrected chi connectivity index (χ3v) is 5.07. The lowest BCUT2D eigenvalue weighted by atomic mass is 10.2. The molecule has 0 aliphatic rings. The molecule has 0 spiro atoms. The summed E-state index contributed by atoms with van der Waals surface area (Å²) in [6, 6.07) is 2.17. The van der Waals surface area contributed by atoms with E-state index in [2.05, 4.69) is 10.6 Å². The standard InChI is InChI=1S/C16H22F3N3O4S/c1-4-10(2)21-15(24)11(3)22-14(23)9-20-27(25,26)13-7-5-6-12(8-13)16(17,18)19/h5-8,10-11,20H,4,9H2,1-3H3,(H,21,24)(H,22,23). The van der Waals surface area contributed by atoms with Gasteiger partial charge in [-0.3, -0.25) is 9.59 Å². The van der Waals surface area contributed by atoms with Gasteiger partial charge in [0, 0.05) is 6.04 Å². The van der Waals surface area contributed by atoms with Crippen molar-refractivity contribution in [3.8, 4) is 0 Å². The average molecular weight is 409 g/mol. The van der Waals surface area contributed by atoms with E-state index in [-0.39, 0.29) is 6.04 Å². The van der Waals surface area contributed by atoms with Crippen molar-refractivity contribution in [2.75, 3.05) is 6.54 Å². The van der Waals surface area contributed by atoms with Crippen LogP contribution in [0, 0.1) is 0 Å². The van der Waals surface area contributed by atoms with E-state index in [9.17, 15) is 31.2 Å². The van der Waals surface area contributed by atoms with E-state index in [4.69, 9.17) is 0 Å². The third kappa shape index (κ3) is 7.18. The van der Waals surface area contributed by atoms with Crippen molar-refractivity contribution in [2.45, 2.75) is 50.3 Å². The van der Waals surface area contributed by atoms with E-state index < -0.39 is 51.1 Å². The fraction of sp³-hybridized carbons (Fsp3) is 0.500. The molecule has 0 bridgehead atoms. The summed E-state index contributed by atoms with van der Waals surface area (Å²) in [5.41, 5.74) is -1.12. The molecule has 0 saturated carbocycles. The Balaban J connectivity index is 2.69. The summed E-state index contributed by atoms with van der Waals surface area (Å²) in [5.74, 6) is -1.23. The highest BCUT2D eigenvalue weighted by atomic mass is 32.2. The van der Waals surface area contributed by atoms with E-state index in [0.29, 0.717) is 12.5 Å². The molecule has 0 radical (unpaired) electrons. The fourth-order valence-electron chi connectivity index (χ4n) is 1.91. The average Bonchev–Trinajstić information content (AvgIpc) is 2.59. The molecule has 27 heavy (non-hydrogen) atoms. The number of carbonyl (C=O) groups is 2. The number of rotatable bonds is 8. The third-order valence-electron chi connectivity index (χ3n) is 3.67. The molecule has 1 aromatic carbocycles. The maximum absolute atomic E-state index is 12.7. The molecule has 3 N–H and O–H groups in total. The zero-order valence-electron chi connectivity index (χ0n) is 15.1. The second-order valence-corrected chi connectivity index (χ2v) is 7.72. The summed E-state index contributed by atoms with van der Waals surface area (Å²) < 4.78 is 64.1. The zero-order chi connectivity index (χ0) is 20.8. The van der Waals surface area contributed by atoms with Gasteiger partial charge >= 0.3 is 6.18 Å². The topological polar surface area (TPSA) is 104 Å². The highest BCUT2D eigenvalue weighted by molar-refractivity contribution is 7.89. The summed E-state index contributed by atoms with van der Waals surface area (Å²) in [6.45, 7) is 4.36. The van der Waals surface area contributed by atoms with Gasteiger partial charge in [-0.15, -0.1) is 0 Å². The van der Waals surface area contributed by atoms with Crippen LogP contribution < -0.4 is 15.4 Å². The van der Waals surface area contributed by atoms with E-state index in [0.717, 1.165) is 18.2 Å². The van der Waals surface area contributed by atoms with Gasteiger partial charge in [-0.05, 0) is 38.5 Å². The maximum atomic E-state index is 12.7. The smallest absolute Gasteiger partial charge is 0.352 e. The van der Waals surface area contributed by atoms with Crippen LogP contribution >= 0.6 is 0 Å². The number of hydrogen-bond donors (Lipinski definition) is 3. The number of halogens is 3. The Morgan fingerprint density at radius 1 is 1.15 bits per heavy atom. The molecule has 2 amide bonds. The number of benzene rings is 1. The van der Waals surface area contributed by atoms with Crippen LogP contribution in [0.15, 0.2) is 29.2 Å². The van der Waals surface area contributed by atoms with Crippen LogP contribution in [0.25, 0.3) is 0 Å². The van der Waals surface area contributed by atoms with Crippen molar-refractivity contribution in [3.63, 3.8) is 0 Å². The van der Waals surface area contributed by atoms with E-state index >= 15 is 0 Å². The molecule has 0 saturated heterocycles. The second kappa shape index (κ2) is 9.18. The molecule has 2 atom stereocenters. The minimum absolute atomic E-state index is 0.0868. The van der Waals surface area contributed by atoms with Crippen LogP contribution in [0.5, 0.6) is 0 Å². The molecular weight excluding hydrogens is 387 g/mol. The second-order valence-electron chi connectivity index (χ2n) is 5.96. The van der Waals surface area contributed by atoms with Crippen molar-refractivity contribution in [1.82, 2.24) is 15.4 Å². The summed E-state index contributed by atoms with van der Waals surface area (Å²) >= 11 is 0. The highest BCUT2D eigenvalue weighted by Gasteiger charge is 2.31. The number of amides is 2. The minimum atomic E-state index is -4.69. The molecule has 11 heteroatoms. The van der Waals surface area contributed by atoms with Gasteiger partial charge in [-0.1, -0.05) is 13.0 Å². The van der Waals surface area contributed by atoms with Gasteiger partial charge in [0.05, 0.1) is 17.0 Å². The first-order valence-electron chi connectivity index (χ1n) is 8.13. The molecule has 0 fully saturated rings. The van der Waals surface area contributed by atoms with Crippen molar-refractivity contribution in [1.29, 1.82) is 0 Å². The van der Waals surface area contributed by atoms with Gasteiger partial charge in [0.1, 0.15) is 6.04 Å².